The van der Waals surface area contributed by atoms with Crippen molar-refractivity contribution in [3.8, 4) is 0 Å². The van der Waals surface area contributed by atoms with Crippen LogP contribution in [0.1, 0.15) is 50.2 Å². The highest BCUT2D eigenvalue weighted by atomic mass is 16.1. The Kier molecular flexibility index (Phi) is 7.43. The maximum Gasteiger partial charge on any atom is 0.224 e. The van der Waals surface area contributed by atoms with Gasteiger partial charge in [0.1, 0.15) is 0 Å². The molecule has 0 bridgehead atoms. The number of hydrogen-bond donors (Lipinski definition) is 3. The van der Waals surface area contributed by atoms with E-state index in [4.69, 9.17) is 17.2 Å². The first-order valence-electron chi connectivity index (χ1n) is 7.83. The molecule has 6 N–H and O–H groups in total. The number of rotatable bonds is 9. The molecular formula is C17H28N4O. The van der Waals surface area contributed by atoms with Gasteiger partial charge >= 0.3 is 0 Å². The monoisotopic (exact) mass is 304 g/mol. The molecule has 0 aromatic heterocycles. The summed E-state index contributed by atoms with van der Waals surface area (Å²) in [5.74, 6) is 0.200. The van der Waals surface area contributed by atoms with Crippen molar-refractivity contribution in [3.05, 3.63) is 35.4 Å². The summed E-state index contributed by atoms with van der Waals surface area (Å²) in [4.78, 5) is 15.6. The normalized spacial score (nSPS) is 12.1. The quantitative estimate of drug-likeness (QED) is 0.368. The average Bonchev–Trinajstić information content (AvgIpc) is 2.42. The highest BCUT2D eigenvalue weighted by Gasteiger charge is 2.17. The van der Waals surface area contributed by atoms with Crippen molar-refractivity contribution in [2.24, 2.45) is 28.1 Å². The number of benzene rings is 1. The minimum atomic E-state index is -0.279. The van der Waals surface area contributed by atoms with Crippen LogP contribution in [0.2, 0.25) is 0 Å². The maximum atomic E-state index is 11.7. The van der Waals surface area contributed by atoms with E-state index in [1.54, 1.807) is 0 Å². The molecule has 0 aliphatic rings. The summed E-state index contributed by atoms with van der Waals surface area (Å²) in [6.45, 7) is 4.97. The number of nitrogens with zero attached hydrogens (tertiary/aromatic N) is 1. The van der Waals surface area contributed by atoms with Crippen LogP contribution < -0.4 is 17.2 Å². The molecule has 0 saturated carbocycles. The molecule has 0 heterocycles. The summed E-state index contributed by atoms with van der Waals surface area (Å²) in [7, 11) is 0. The molecule has 1 unspecified atom stereocenters. The predicted molar refractivity (Wildman–Crippen MR) is 91.4 cm³/mol. The second kappa shape index (κ2) is 9.07. The molecule has 0 aliphatic carbocycles. The van der Waals surface area contributed by atoms with Crippen LogP contribution >= 0.6 is 0 Å². The van der Waals surface area contributed by atoms with E-state index >= 15 is 0 Å². The minimum Gasteiger partial charge on any atom is -0.370 e. The average molecular weight is 304 g/mol. The first-order chi connectivity index (χ1) is 10.4. The van der Waals surface area contributed by atoms with Crippen LogP contribution in [0, 0.1) is 5.92 Å². The van der Waals surface area contributed by atoms with E-state index in [2.05, 4.69) is 31.0 Å². The van der Waals surface area contributed by atoms with Crippen LogP contribution in [0.4, 0.5) is 0 Å². The van der Waals surface area contributed by atoms with Crippen LogP contribution in [0.5, 0.6) is 0 Å². The standard InChI is InChI=1S/C17H28N4O/c1-12(2)11-13-6-8-14(9-7-13)15(16(18)22)5-3-4-10-21-17(19)20/h6-9,12,15H,3-5,10-11H2,1-2H3,(H2,18,22)(H4,19,20,21). The Morgan fingerprint density at radius 1 is 1.09 bits per heavy atom. The van der Waals surface area contributed by atoms with Crippen LogP contribution in [-0.2, 0) is 11.2 Å². The Morgan fingerprint density at radius 3 is 2.23 bits per heavy atom. The summed E-state index contributed by atoms with van der Waals surface area (Å²) < 4.78 is 0. The zero-order valence-electron chi connectivity index (χ0n) is 13.6. The van der Waals surface area contributed by atoms with Gasteiger partial charge in [0.2, 0.25) is 5.91 Å². The number of nitrogens with two attached hydrogens (primary N) is 3. The molecule has 5 heteroatoms. The summed E-state index contributed by atoms with van der Waals surface area (Å²) in [5, 5.41) is 0. The third-order valence-corrected chi connectivity index (χ3v) is 3.56. The van der Waals surface area contributed by atoms with Crippen molar-refractivity contribution in [2.45, 2.75) is 45.4 Å². The second-order valence-electron chi connectivity index (χ2n) is 6.10. The van der Waals surface area contributed by atoms with Crippen molar-refractivity contribution < 1.29 is 4.79 Å². The Labute approximate surface area is 133 Å². The van der Waals surface area contributed by atoms with Crippen molar-refractivity contribution in [1.29, 1.82) is 0 Å². The lowest BCUT2D eigenvalue weighted by atomic mass is 9.91. The summed E-state index contributed by atoms with van der Waals surface area (Å²) >= 11 is 0. The lowest BCUT2D eigenvalue weighted by Gasteiger charge is -2.14. The summed E-state index contributed by atoms with van der Waals surface area (Å²) in [6, 6.07) is 8.21. The van der Waals surface area contributed by atoms with Gasteiger partial charge in [-0.05, 0) is 36.3 Å². The Bertz CT molecular complexity index is 490. The molecule has 1 aromatic carbocycles. The molecule has 0 spiro atoms. The van der Waals surface area contributed by atoms with Gasteiger partial charge in [-0.15, -0.1) is 0 Å². The molecule has 0 fully saturated rings. The van der Waals surface area contributed by atoms with Crippen molar-refractivity contribution in [3.63, 3.8) is 0 Å². The minimum absolute atomic E-state index is 0.104. The highest BCUT2D eigenvalue weighted by Crippen LogP contribution is 2.23. The van der Waals surface area contributed by atoms with E-state index in [0.717, 1.165) is 31.2 Å². The first-order valence-corrected chi connectivity index (χ1v) is 7.83. The van der Waals surface area contributed by atoms with E-state index in [9.17, 15) is 4.79 Å². The van der Waals surface area contributed by atoms with E-state index in [1.165, 1.54) is 5.56 Å². The SMILES string of the molecule is CC(C)Cc1ccc(C(CCCCN=C(N)N)C(N)=O)cc1. The molecule has 1 aromatic rings. The number of unbranched alkanes of at least 4 members (excludes halogenated alkanes) is 1. The maximum absolute atomic E-state index is 11.7. The third kappa shape index (κ3) is 6.61. The third-order valence-electron chi connectivity index (χ3n) is 3.56. The summed E-state index contributed by atoms with van der Waals surface area (Å²) in [5.41, 5.74) is 18.4. The number of primary amides is 1. The number of amides is 1. The van der Waals surface area contributed by atoms with E-state index in [-0.39, 0.29) is 17.8 Å². The lowest BCUT2D eigenvalue weighted by molar-refractivity contribution is -0.119. The highest BCUT2D eigenvalue weighted by molar-refractivity contribution is 5.81. The number of carbonyl (C=O) groups is 1. The molecule has 0 radical (unpaired) electrons. The van der Waals surface area contributed by atoms with Gasteiger partial charge in [0.05, 0.1) is 5.92 Å². The lowest BCUT2D eigenvalue weighted by Crippen LogP contribution is -2.23. The van der Waals surface area contributed by atoms with Crippen LogP contribution in [0.3, 0.4) is 0 Å². The van der Waals surface area contributed by atoms with Gasteiger partial charge < -0.3 is 17.2 Å². The van der Waals surface area contributed by atoms with E-state index in [1.807, 2.05) is 12.1 Å². The smallest absolute Gasteiger partial charge is 0.224 e. The van der Waals surface area contributed by atoms with Gasteiger partial charge in [-0.2, -0.15) is 0 Å². The van der Waals surface area contributed by atoms with Gasteiger partial charge in [-0.1, -0.05) is 44.5 Å². The number of hydrogen-bond acceptors (Lipinski definition) is 2. The zero-order chi connectivity index (χ0) is 16.5. The van der Waals surface area contributed by atoms with E-state index in [0.29, 0.717) is 12.5 Å². The largest absolute Gasteiger partial charge is 0.370 e. The molecule has 5 nitrogen and oxygen atoms in total. The second-order valence-corrected chi connectivity index (χ2v) is 6.10. The Hall–Kier alpha value is -2.04. The summed E-state index contributed by atoms with van der Waals surface area (Å²) in [6.07, 6.45) is 3.46. The van der Waals surface area contributed by atoms with Gasteiger partial charge in [0, 0.05) is 6.54 Å². The van der Waals surface area contributed by atoms with Crippen LogP contribution in [-0.4, -0.2) is 18.4 Å². The van der Waals surface area contributed by atoms with Gasteiger partial charge in [-0.25, -0.2) is 0 Å². The number of carbonyl (C=O) groups excluding carboxylic acids is 1. The van der Waals surface area contributed by atoms with Gasteiger partial charge in [-0.3, -0.25) is 9.79 Å². The van der Waals surface area contributed by atoms with Crippen LogP contribution in [0.15, 0.2) is 29.3 Å². The van der Waals surface area contributed by atoms with Crippen molar-refractivity contribution in [2.75, 3.05) is 6.54 Å². The molecule has 0 saturated heterocycles. The molecular weight excluding hydrogens is 276 g/mol. The fourth-order valence-electron chi connectivity index (χ4n) is 2.50. The van der Waals surface area contributed by atoms with E-state index < -0.39 is 0 Å². The molecule has 122 valence electrons. The number of aliphatic imine (C=N–C) groups is 1. The molecule has 0 aliphatic heterocycles. The van der Waals surface area contributed by atoms with Gasteiger partial charge in [0.25, 0.3) is 0 Å². The molecule has 1 atom stereocenters. The van der Waals surface area contributed by atoms with Crippen molar-refractivity contribution in [1.82, 2.24) is 0 Å². The number of guanidine groups is 1. The predicted octanol–water partition coefficient (Wildman–Crippen LogP) is 1.90. The first kappa shape index (κ1) is 18.0. The zero-order valence-corrected chi connectivity index (χ0v) is 13.6. The molecule has 1 rings (SSSR count). The fourth-order valence-corrected chi connectivity index (χ4v) is 2.50. The Balaban J connectivity index is 2.59. The fraction of sp³-hybridized carbons (Fsp3) is 0.529. The van der Waals surface area contributed by atoms with Gasteiger partial charge in [0.15, 0.2) is 5.96 Å². The van der Waals surface area contributed by atoms with Crippen molar-refractivity contribution >= 4 is 11.9 Å². The van der Waals surface area contributed by atoms with Crippen LogP contribution in [0.25, 0.3) is 0 Å². The molecule has 1 amide bonds. The molecule has 22 heavy (non-hydrogen) atoms. The topological polar surface area (TPSA) is 107 Å². The Morgan fingerprint density at radius 2 is 1.73 bits per heavy atom.